The van der Waals surface area contributed by atoms with Crippen molar-refractivity contribution in [3.63, 3.8) is 0 Å². The number of unbranched alkanes of at least 4 members (excludes halogenated alkanes) is 32. The summed E-state index contributed by atoms with van der Waals surface area (Å²) in [5, 5.41) is 9.69. The molecule has 0 aliphatic rings. The van der Waals surface area contributed by atoms with E-state index in [1.165, 1.54) is 186 Å². The number of ether oxygens (including phenoxy) is 2. The summed E-state index contributed by atoms with van der Waals surface area (Å²) in [6.45, 7) is 4.00. The van der Waals surface area contributed by atoms with Crippen molar-refractivity contribution >= 4 is 11.9 Å². The first kappa shape index (κ1) is 79.8. The summed E-state index contributed by atoms with van der Waals surface area (Å²) in [5.74, 6) is -0.640. The van der Waals surface area contributed by atoms with Crippen LogP contribution in [0.25, 0.3) is 0 Å². The first-order chi connectivity index (χ1) is 41.6. The molecule has 0 spiro atoms. The van der Waals surface area contributed by atoms with Crippen molar-refractivity contribution in [2.75, 3.05) is 13.2 Å². The molecule has 5 heteroatoms. The lowest BCUT2D eigenvalue weighted by Crippen LogP contribution is -2.28. The lowest BCUT2D eigenvalue weighted by atomic mass is 10.0. The molecule has 1 N–H and O–H groups in total. The van der Waals surface area contributed by atoms with Crippen molar-refractivity contribution in [1.29, 1.82) is 0 Å². The van der Waals surface area contributed by atoms with Crippen LogP contribution in [0.1, 0.15) is 322 Å². The third-order valence-corrected chi connectivity index (χ3v) is 15.1. The number of rotatable bonds is 64. The van der Waals surface area contributed by atoms with Crippen LogP contribution in [0.4, 0.5) is 0 Å². The van der Waals surface area contributed by atoms with Crippen LogP contribution in [-0.2, 0) is 19.1 Å². The molecule has 0 fully saturated rings. The van der Waals surface area contributed by atoms with Gasteiger partial charge < -0.3 is 14.6 Å². The summed E-state index contributed by atoms with van der Waals surface area (Å²) >= 11 is 0. The van der Waals surface area contributed by atoms with Crippen LogP contribution in [0.15, 0.2) is 146 Å². The van der Waals surface area contributed by atoms with Gasteiger partial charge in [-0.25, -0.2) is 0 Å². The van der Waals surface area contributed by atoms with E-state index in [9.17, 15) is 14.7 Å². The minimum Gasteiger partial charge on any atom is -0.462 e. The zero-order valence-corrected chi connectivity index (χ0v) is 54.9. The second-order valence-corrected chi connectivity index (χ2v) is 23.2. The molecule has 0 aliphatic heterocycles. The molecule has 0 aliphatic carbocycles. The lowest BCUT2D eigenvalue weighted by molar-refractivity contribution is -0.161. The number of aliphatic hydroxyl groups excluding tert-OH is 1. The van der Waals surface area contributed by atoms with Gasteiger partial charge in [0.1, 0.15) is 6.61 Å². The molecule has 5 nitrogen and oxygen atoms in total. The van der Waals surface area contributed by atoms with E-state index >= 15 is 0 Å². The van der Waals surface area contributed by atoms with Gasteiger partial charge in [-0.05, 0) is 122 Å². The molecule has 0 radical (unpaired) electrons. The van der Waals surface area contributed by atoms with Crippen LogP contribution in [0, 0.1) is 0 Å². The SMILES string of the molecule is CC/C=C\C/C=C\C/C=C\C/C=C\C/C=C\C/C=C\C/C=C\C/C=C\C/C=C\C/C=C\CCCCC(=O)OC(CO)COC(=O)CCCCCCCCCCCCCCCCCCCCCCCCCCC/C=C\C/C=C\CCCCCCC. The average Bonchev–Trinajstić information content (AvgIpc) is 3.51. The third-order valence-electron chi connectivity index (χ3n) is 15.1. The molecule has 84 heavy (non-hydrogen) atoms. The number of aliphatic hydroxyl groups is 1. The molecular formula is C79H132O5. The molecule has 0 saturated carbocycles. The number of esters is 2. The summed E-state index contributed by atoms with van der Waals surface area (Å²) in [5.41, 5.74) is 0. The standard InChI is InChI=1S/C79H132O5/c1-3-5-7-9-11-13-15-17-19-21-23-25-27-29-31-33-35-37-38-39-40-42-43-45-47-49-51-53-55-57-59-61-63-65-67-69-71-73-78(81)83-76-77(75-80)84-79(82)74-72-70-68-66-64-62-60-58-56-54-52-50-48-46-44-41-36-34-32-30-28-26-24-22-20-18-16-14-12-10-8-6-4-2/h6,8,12,14-15,17-18,20-21,23-24,26,30,32,36,41,46,48,52,54,58,60,64,66,77,80H,3-5,7,9-11,13,16,19,22,25,27-29,31,33-35,37-40,42-45,47,49-51,53,55-57,59,61-63,65,67-76H2,1-2H3/b8-6-,14-12-,17-15-,20-18-,23-21-,26-24-,32-30-,41-36-,48-46-,54-52-,60-58-,66-64-. The highest BCUT2D eigenvalue weighted by Crippen LogP contribution is 2.17. The molecule has 1 unspecified atom stereocenters. The van der Waals surface area contributed by atoms with Gasteiger partial charge in [0, 0.05) is 12.8 Å². The van der Waals surface area contributed by atoms with Crippen LogP contribution in [0.2, 0.25) is 0 Å². The Kier molecular flexibility index (Phi) is 69.4. The van der Waals surface area contributed by atoms with E-state index in [0.29, 0.717) is 12.8 Å². The Labute approximate surface area is 520 Å². The van der Waals surface area contributed by atoms with Crippen LogP contribution >= 0.6 is 0 Å². The number of hydrogen-bond donors (Lipinski definition) is 1. The van der Waals surface area contributed by atoms with E-state index in [-0.39, 0.29) is 25.2 Å². The summed E-state index contributed by atoms with van der Waals surface area (Å²) in [7, 11) is 0. The minimum absolute atomic E-state index is 0.0895. The fraction of sp³-hybridized carbons (Fsp3) is 0.671. The van der Waals surface area contributed by atoms with Crippen molar-refractivity contribution in [2.24, 2.45) is 0 Å². The largest absolute Gasteiger partial charge is 0.462 e. The smallest absolute Gasteiger partial charge is 0.306 e. The second kappa shape index (κ2) is 73.0. The summed E-state index contributed by atoms with van der Waals surface area (Å²) in [6, 6.07) is 0. The van der Waals surface area contributed by atoms with E-state index in [1.54, 1.807) is 0 Å². The van der Waals surface area contributed by atoms with E-state index in [1.807, 2.05) is 0 Å². The maximum Gasteiger partial charge on any atom is 0.306 e. The Morgan fingerprint density at radius 2 is 0.512 bits per heavy atom. The van der Waals surface area contributed by atoms with Crippen molar-refractivity contribution in [3.8, 4) is 0 Å². The normalized spacial score (nSPS) is 13.1. The summed E-state index contributed by atoms with van der Waals surface area (Å²) in [6.07, 6.45) is 110. The molecular weight excluding hydrogens is 1030 g/mol. The van der Waals surface area contributed by atoms with E-state index in [4.69, 9.17) is 9.47 Å². The molecule has 0 bridgehead atoms. The highest BCUT2D eigenvalue weighted by atomic mass is 16.6. The highest BCUT2D eigenvalue weighted by Gasteiger charge is 2.16. The van der Waals surface area contributed by atoms with E-state index in [2.05, 4.69) is 160 Å². The molecule has 0 saturated heterocycles. The summed E-state index contributed by atoms with van der Waals surface area (Å²) in [4.78, 5) is 24.6. The topological polar surface area (TPSA) is 72.8 Å². The fourth-order valence-corrected chi connectivity index (χ4v) is 9.85. The first-order valence-corrected chi connectivity index (χ1v) is 35.4. The van der Waals surface area contributed by atoms with Gasteiger partial charge in [-0.15, -0.1) is 0 Å². The Morgan fingerprint density at radius 1 is 0.286 bits per heavy atom. The van der Waals surface area contributed by atoms with Crippen LogP contribution in [0.3, 0.4) is 0 Å². The van der Waals surface area contributed by atoms with Gasteiger partial charge >= 0.3 is 11.9 Å². The molecule has 0 aromatic carbocycles. The van der Waals surface area contributed by atoms with Gasteiger partial charge in [-0.3, -0.25) is 9.59 Å². The van der Waals surface area contributed by atoms with Crippen molar-refractivity contribution < 1.29 is 24.2 Å². The highest BCUT2D eigenvalue weighted by molar-refractivity contribution is 5.70. The Bertz CT molecular complexity index is 1750. The molecule has 0 heterocycles. The van der Waals surface area contributed by atoms with Crippen LogP contribution < -0.4 is 0 Å². The Balaban J connectivity index is 3.54. The first-order valence-electron chi connectivity index (χ1n) is 35.4. The lowest BCUT2D eigenvalue weighted by Gasteiger charge is -2.15. The van der Waals surface area contributed by atoms with Gasteiger partial charge in [0.25, 0.3) is 0 Å². The van der Waals surface area contributed by atoms with E-state index in [0.717, 1.165) is 109 Å². The van der Waals surface area contributed by atoms with Crippen molar-refractivity contribution in [3.05, 3.63) is 146 Å². The molecule has 0 amide bonds. The number of allylic oxidation sites excluding steroid dienone is 24. The van der Waals surface area contributed by atoms with Crippen molar-refractivity contribution in [2.45, 2.75) is 328 Å². The monoisotopic (exact) mass is 1160 g/mol. The minimum atomic E-state index is -0.806. The number of carbonyl (C=O) groups excluding carboxylic acids is 2. The maximum absolute atomic E-state index is 12.3. The van der Waals surface area contributed by atoms with Crippen molar-refractivity contribution in [1.82, 2.24) is 0 Å². The van der Waals surface area contributed by atoms with E-state index < -0.39 is 6.10 Å². The zero-order valence-electron chi connectivity index (χ0n) is 54.9. The number of hydrogen-bond acceptors (Lipinski definition) is 5. The molecule has 0 aromatic rings. The number of carbonyl (C=O) groups is 2. The molecule has 478 valence electrons. The predicted molar refractivity (Wildman–Crippen MR) is 371 cm³/mol. The zero-order chi connectivity index (χ0) is 60.5. The molecule has 1 atom stereocenters. The van der Waals surface area contributed by atoms with Gasteiger partial charge in [0.15, 0.2) is 6.10 Å². The van der Waals surface area contributed by atoms with Crippen LogP contribution in [-0.4, -0.2) is 36.4 Å². The average molecular weight is 1160 g/mol. The third kappa shape index (κ3) is 70.3. The quantitative estimate of drug-likeness (QED) is 0.0373. The fourth-order valence-electron chi connectivity index (χ4n) is 9.85. The Hall–Kier alpha value is -4.22. The maximum atomic E-state index is 12.3. The van der Waals surface area contributed by atoms with Crippen LogP contribution in [0.5, 0.6) is 0 Å². The van der Waals surface area contributed by atoms with Gasteiger partial charge in [0.05, 0.1) is 6.61 Å². The predicted octanol–water partition coefficient (Wildman–Crippen LogP) is 24.9. The molecule has 0 rings (SSSR count). The van der Waals surface area contributed by atoms with Gasteiger partial charge in [0.2, 0.25) is 0 Å². The second-order valence-electron chi connectivity index (χ2n) is 23.2. The van der Waals surface area contributed by atoms with Gasteiger partial charge in [-0.2, -0.15) is 0 Å². The Morgan fingerprint density at radius 3 is 0.798 bits per heavy atom. The molecule has 0 aromatic heterocycles. The summed E-state index contributed by atoms with van der Waals surface area (Å²) < 4.78 is 10.7. The van der Waals surface area contributed by atoms with Gasteiger partial charge in [-0.1, -0.05) is 333 Å².